The van der Waals surface area contributed by atoms with E-state index in [-0.39, 0.29) is 10.0 Å². The number of anilines is 2. The van der Waals surface area contributed by atoms with E-state index >= 15 is 0 Å². The van der Waals surface area contributed by atoms with Crippen molar-refractivity contribution in [2.45, 2.75) is 25.7 Å². The number of nitrogens with one attached hydrogen (secondary N) is 1. The lowest BCUT2D eigenvalue weighted by atomic mass is 10.1. The van der Waals surface area contributed by atoms with Crippen LogP contribution < -0.4 is 9.62 Å². The summed E-state index contributed by atoms with van der Waals surface area (Å²) in [6.45, 7) is 7.83. The highest BCUT2D eigenvalue weighted by atomic mass is 79.9. The van der Waals surface area contributed by atoms with E-state index in [0.29, 0.717) is 10.2 Å². The first-order valence-corrected chi connectivity index (χ1v) is 10.1. The van der Waals surface area contributed by atoms with Gasteiger partial charge in [-0.1, -0.05) is 11.6 Å². The average Bonchev–Trinajstić information content (AvgIpc) is 2.53. The number of aromatic nitrogens is 1. The van der Waals surface area contributed by atoms with E-state index in [1.807, 2.05) is 19.1 Å². The molecule has 8 heteroatoms. The fourth-order valence-electron chi connectivity index (χ4n) is 2.30. The summed E-state index contributed by atoms with van der Waals surface area (Å²) in [5.41, 5.74) is 2.46. The third-order valence-electron chi connectivity index (χ3n) is 3.66. The number of rotatable bonds is 6. The van der Waals surface area contributed by atoms with Gasteiger partial charge in [0.15, 0.2) is 0 Å². The molecule has 130 valence electrons. The smallest absolute Gasteiger partial charge is 0.263 e. The Balaban J connectivity index is 2.31. The fraction of sp³-hybridized carbons (Fsp3) is 0.312. The number of hydrogen-bond acceptors (Lipinski definition) is 4. The van der Waals surface area contributed by atoms with Crippen LogP contribution in [0.1, 0.15) is 19.4 Å². The molecule has 2 aromatic rings. The minimum atomic E-state index is -3.73. The highest BCUT2D eigenvalue weighted by Crippen LogP contribution is 2.27. The number of aryl methyl sites for hydroxylation is 1. The van der Waals surface area contributed by atoms with Crippen molar-refractivity contribution < 1.29 is 8.42 Å². The summed E-state index contributed by atoms with van der Waals surface area (Å²) in [6, 6.07) is 7.09. The Hall–Kier alpha value is -1.31. The maximum absolute atomic E-state index is 12.5. The van der Waals surface area contributed by atoms with Gasteiger partial charge < -0.3 is 4.90 Å². The van der Waals surface area contributed by atoms with Crippen LogP contribution in [0, 0.1) is 6.92 Å². The zero-order valence-corrected chi connectivity index (χ0v) is 16.8. The third kappa shape index (κ3) is 4.20. The zero-order valence-electron chi connectivity index (χ0n) is 13.7. The Labute approximate surface area is 156 Å². The molecule has 0 unspecified atom stereocenters. The molecule has 0 saturated heterocycles. The summed E-state index contributed by atoms with van der Waals surface area (Å²) in [5, 5.41) is 0.216. The molecular formula is C16H19BrClN3O2S. The van der Waals surface area contributed by atoms with E-state index < -0.39 is 10.0 Å². The van der Waals surface area contributed by atoms with E-state index in [1.165, 1.54) is 12.3 Å². The molecule has 0 aliphatic rings. The second kappa shape index (κ2) is 7.72. The minimum absolute atomic E-state index is 0.0472. The fourth-order valence-corrected chi connectivity index (χ4v) is 4.01. The molecule has 1 N–H and O–H groups in total. The van der Waals surface area contributed by atoms with Crippen molar-refractivity contribution in [3.63, 3.8) is 0 Å². The summed E-state index contributed by atoms with van der Waals surface area (Å²) >= 11 is 9.00. The highest BCUT2D eigenvalue weighted by molar-refractivity contribution is 9.10. The molecule has 0 aliphatic heterocycles. The first-order valence-electron chi connectivity index (χ1n) is 7.48. The number of halogens is 2. The quantitative estimate of drug-likeness (QED) is 0.685. The zero-order chi connectivity index (χ0) is 17.9. The van der Waals surface area contributed by atoms with Crippen LogP contribution in [0.2, 0.25) is 5.15 Å². The molecule has 0 amide bonds. The maximum atomic E-state index is 12.5. The molecule has 0 saturated carbocycles. The molecule has 24 heavy (non-hydrogen) atoms. The molecule has 5 nitrogen and oxygen atoms in total. The molecule has 1 aromatic heterocycles. The Morgan fingerprint density at radius 2 is 1.92 bits per heavy atom. The molecule has 0 spiro atoms. The number of benzene rings is 1. The minimum Gasteiger partial charge on any atom is -0.372 e. The van der Waals surface area contributed by atoms with Crippen LogP contribution in [0.3, 0.4) is 0 Å². The van der Waals surface area contributed by atoms with Gasteiger partial charge in [-0.15, -0.1) is 0 Å². The van der Waals surface area contributed by atoms with Gasteiger partial charge in [-0.25, -0.2) is 13.4 Å². The molecule has 0 bridgehead atoms. The predicted molar refractivity (Wildman–Crippen MR) is 102 cm³/mol. The lowest BCUT2D eigenvalue weighted by Gasteiger charge is -2.22. The van der Waals surface area contributed by atoms with Gasteiger partial charge in [0, 0.05) is 25.0 Å². The summed E-state index contributed by atoms with van der Waals surface area (Å²) in [5.74, 6) is 0. The van der Waals surface area contributed by atoms with Crippen LogP contribution >= 0.6 is 27.5 Å². The Morgan fingerprint density at radius 3 is 2.46 bits per heavy atom. The summed E-state index contributed by atoms with van der Waals surface area (Å²) in [4.78, 5) is 6.11. The van der Waals surface area contributed by atoms with Gasteiger partial charge in [-0.2, -0.15) is 0 Å². The molecule has 0 aliphatic carbocycles. The largest absolute Gasteiger partial charge is 0.372 e. The highest BCUT2D eigenvalue weighted by Gasteiger charge is 2.17. The molecular weight excluding hydrogens is 414 g/mol. The predicted octanol–water partition coefficient (Wildman–Crippen LogP) is 4.45. The Kier molecular flexibility index (Phi) is 6.11. The number of hydrogen-bond donors (Lipinski definition) is 1. The van der Waals surface area contributed by atoms with Crippen molar-refractivity contribution in [3.05, 3.63) is 45.7 Å². The lowest BCUT2D eigenvalue weighted by Crippen LogP contribution is -2.22. The summed E-state index contributed by atoms with van der Waals surface area (Å²) < 4.78 is 28.1. The van der Waals surface area contributed by atoms with Crippen LogP contribution in [0.4, 0.5) is 11.4 Å². The van der Waals surface area contributed by atoms with Gasteiger partial charge in [0.25, 0.3) is 10.0 Å². The van der Waals surface area contributed by atoms with Crippen molar-refractivity contribution in [1.82, 2.24) is 4.98 Å². The van der Waals surface area contributed by atoms with Crippen molar-refractivity contribution in [3.8, 4) is 0 Å². The Bertz CT molecular complexity index is 839. The van der Waals surface area contributed by atoms with Crippen molar-refractivity contribution in [2.24, 2.45) is 0 Å². The maximum Gasteiger partial charge on any atom is 0.263 e. The van der Waals surface area contributed by atoms with Crippen molar-refractivity contribution in [2.75, 3.05) is 22.7 Å². The van der Waals surface area contributed by atoms with E-state index in [1.54, 1.807) is 6.07 Å². The van der Waals surface area contributed by atoms with Gasteiger partial charge in [0.05, 0.1) is 10.2 Å². The van der Waals surface area contributed by atoms with E-state index in [9.17, 15) is 8.42 Å². The van der Waals surface area contributed by atoms with Crippen molar-refractivity contribution >= 4 is 48.9 Å². The van der Waals surface area contributed by atoms with E-state index in [2.05, 4.69) is 44.4 Å². The van der Waals surface area contributed by atoms with Gasteiger partial charge in [0.1, 0.15) is 10.0 Å². The molecule has 0 atom stereocenters. The average molecular weight is 433 g/mol. The monoisotopic (exact) mass is 431 g/mol. The number of sulfonamides is 1. The first-order chi connectivity index (χ1) is 11.3. The Morgan fingerprint density at radius 1 is 1.25 bits per heavy atom. The molecule has 2 rings (SSSR count). The second-order valence-corrected chi connectivity index (χ2v) is 8.12. The van der Waals surface area contributed by atoms with Gasteiger partial charge >= 0.3 is 0 Å². The molecule has 0 radical (unpaired) electrons. The lowest BCUT2D eigenvalue weighted by molar-refractivity contribution is 0.600. The van der Waals surface area contributed by atoms with Gasteiger partial charge in [-0.05, 0) is 66.5 Å². The SMILES string of the molecule is CCN(CC)c1ccc(NS(=O)(=O)c2cnc(Cl)c(Br)c2)c(C)c1. The van der Waals surface area contributed by atoms with Crippen LogP contribution in [0.25, 0.3) is 0 Å². The van der Waals surface area contributed by atoms with Gasteiger partial charge in [-0.3, -0.25) is 4.72 Å². The molecule has 0 fully saturated rings. The first kappa shape index (κ1) is 19.0. The van der Waals surface area contributed by atoms with E-state index in [4.69, 9.17) is 11.6 Å². The normalized spacial score (nSPS) is 11.4. The van der Waals surface area contributed by atoms with Crippen molar-refractivity contribution in [1.29, 1.82) is 0 Å². The summed E-state index contributed by atoms with van der Waals surface area (Å²) in [6.07, 6.45) is 1.23. The topological polar surface area (TPSA) is 62.3 Å². The molecule has 1 heterocycles. The molecule has 1 aromatic carbocycles. The van der Waals surface area contributed by atoms with E-state index in [0.717, 1.165) is 24.3 Å². The van der Waals surface area contributed by atoms with Crippen LogP contribution in [-0.2, 0) is 10.0 Å². The second-order valence-electron chi connectivity index (χ2n) is 5.22. The third-order valence-corrected chi connectivity index (χ3v) is 6.13. The van der Waals surface area contributed by atoms with Crippen LogP contribution in [0.5, 0.6) is 0 Å². The summed E-state index contributed by atoms with van der Waals surface area (Å²) in [7, 11) is -3.73. The van der Waals surface area contributed by atoms with Gasteiger partial charge in [0.2, 0.25) is 0 Å². The standard InChI is InChI=1S/C16H19BrClN3O2S/c1-4-21(5-2)12-6-7-15(11(3)8-12)20-24(22,23)13-9-14(17)16(18)19-10-13/h6-10,20H,4-5H2,1-3H3. The number of pyridine rings is 1. The van der Waals surface area contributed by atoms with Crippen LogP contribution in [0.15, 0.2) is 39.8 Å². The number of nitrogens with zero attached hydrogens (tertiary/aromatic N) is 2. The van der Waals surface area contributed by atoms with Crippen LogP contribution in [-0.4, -0.2) is 26.5 Å².